The van der Waals surface area contributed by atoms with Crippen LogP contribution in [0.2, 0.25) is 5.02 Å². The van der Waals surface area contributed by atoms with E-state index in [1.165, 1.54) is 0 Å². The molecular weight excluding hydrogens is 236 g/mol. The van der Waals surface area contributed by atoms with Gasteiger partial charge in [-0.2, -0.15) is 0 Å². The lowest BCUT2D eigenvalue weighted by molar-refractivity contribution is 0.0716. The zero-order chi connectivity index (χ0) is 12.4. The first-order chi connectivity index (χ1) is 8.08. The summed E-state index contributed by atoms with van der Waals surface area (Å²) in [7, 11) is 0. The average molecular weight is 253 g/mol. The summed E-state index contributed by atoms with van der Waals surface area (Å²) >= 11 is 5.88. The molecule has 0 aliphatic heterocycles. The van der Waals surface area contributed by atoms with Crippen molar-refractivity contribution < 1.29 is 4.79 Å². The number of carbonyl (C=O) groups excluding carboxylic acids is 1. The first-order valence-corrected chi connectivity index (χ1v) is 6.38. The highest BCUT2D eigenvalue weighted by Crippen LogP contribution is 2.29. The molecule has 0 spiro atoms. The standard InChI is InChI=1S/C13H17ClN2O/c1-9(2)8-16(11-3-4-11)13(17)12-7-10(14)5-6-15-12/h5-7,9,11H,3-4,8H2,1-2H3. The highest BCUT2D eigenvalue weighted by atomic mass is 35.5. The van der Waals surface area contributed by atoms with Crippen molar-refractivity contribution in [2.24, 2.45) is 5.92 Å². The molecule has 1 heterocycles. The Balaban J connectivity index is 2.15. The number of nitrogens with zero attached hydrogens (tertiary/aromatic N) is 2. The van der Waals surface area contributed by atoms with E-state index in [-0.39, 0.29) is 5.91 Å². The Bertz CT molecular complexity index is 416. The minimum Gasteiger partial charge on any atom is -0.334 e. The van der Waals surface area contributed by atoms with Gasteiger partial charge in [-0.15, -0.1) is 0 Å². The lowest BCUT2D eigenvalue weighted by Crippen LogP contribution is -2.36. The molecule has 0 saturated heterocycles. The summed E-state index contributed by atoms with van der Waals surface area (Å²) < 4.78 is 0. The van der Waals surface area contributed by atoms with Crippen LogP contribution in [0.3, 0.4) is 0 Å². The van der Waals surface area contributed by atoms with Gasteiger partial charge in [-0.05, 0) is 30.9 Å². The normalized spacial score (nSPS) is 15.1. The van der Waals surface area contributed by atoms with Crippen LogP contribution in [0.1, 0.15) is 37.2 Å². The molecule has 2 rings (SSSR count). The van der Waals surface area contributed by atoms with Crippen LogP contribution in [-0.4, -0.2) is 28.4 Å². The van der Waals surface area contributed by atoms with E-state index in [9.17, 15) is 4.79 Å². The van der Waals surface area contributed by atoms with Crippen molar-refractivity contribution in [3.05, 3.63) is 29.0 Å². The van der Waals surface area contributed by atoms with Gasteiger partial charge in [0.1, 0.15) is 5.69 Å². The van der Waals surface area contributed by atoms with Crippen LogP contribution in [0.25, 0.3) is 0 Å². The van der Waals surface area contributed by atoms with Crippen LogP contribution in [0, 0.1) is 5.92 Å². The summed E-state index contributed by atoms with van der Waals surface area (Å²) in [5.41, 5.74) is 0.449. The maximum Gasteiger partial charge on any atom is 0.272 e. The molecule has 3 nitrogen and oxygen atoms in total. The first kappa shape index (κ1) is 12.4. The molecule has 0 radical (unpaired) electrons. The molecule has 1 aliphatic carbocycles. The number of rotatable bonds is 4. The minimum atomic E-state index is 0.00343. The number of pyridine rings is 1. The fourth-order valence-corrected chi connectivity index (χ4v) is 2.01. The third-order valence-electron chi connectivity index (χ3n) is 2.75. The highest BCUT2D eigenvalue weighted by molar-refractivity contribution is 6.30. The largest absolute Gasteiger partial charge is 0.334 e. The molecule has 0 bridgehead atoms. The maximum atomic E-state index is 12.3. The number of amides is 1. The summed E-state index contributed by atoms with van der Waals surface area (Å²) in [5, 5.41) is 0.559. The Kier molecular flexibility index (Phi) is 3.67. The number of aromatic nitrogens is 1. The molecule has 0 unspecified atom stereocenters. The van der Waals surface area contributed by atoms with Gasteiger partial charge in [-0.1, -0.05) is 25.4 Å². The summed E-state index contributed by atoms with van der Waals surface area (Å²) in [6.45, 7) is 5.03. The fraction of sp³-hybridized carbons (Fsp3) is 0.538. The van der Waals surface area contributed by atoms with Crippen LogP contribution in [0.4, 0.5) is 0 Å². The van der Waals surface area contributed by atoms with E-state index in [0.29, 0.717) is 22.7 Å². The van der Waals surface area contributed by atoms with Gasteiger partial charge in [0.15, 0.2) is 0 Å². The lowest BCUT2D eigenvalue weighted by atomic mass is 10.2. The van der Waals surface area contributed by atoms with Crippen molar-refractivity contribution in [2.75, 3.05) is 6.54 Å². The summed E-state index contributed by atoms with van der Waals surface area (Å²) in [5.74, 6) is 0.474. The van der Waals surface area contributed by atoms with Crippen LogP contribution >= 0.6 is 11.6 Å². The molecule has 0 N–H and O–H groups in total. The zero-order valence-corrected chi connectivity index (χ0v) is 10.9. The summed E-state index contributed by atoms with van der Waals surface area (Å²) in [6.07, 6.45) is 3.80. The molecule has 1 aromatic heterocycles. The van der Waals surface area contributed by atoms with Gasteiger partial charge in [0.25, 0.3) is 5.91 Å². The van der Waals surface area contributed by atoms with E-state index in [0.717, 1.165) is 19.4 Å². The number of carbonyl (C=O) groups is 1. The summed E-state index contributed by atoms with van der Waals surface area (Å²) in [4.78, 5) is 18.4. The van der Waals surface area contributed by atoms with Crippen LogP contribution in [0.15, 0.2) is 18.3 Å². The third kappa shape index (κ3) is 3.19. The molecule has 4 heteroatoms. The van der Waals surface area contributed by atoms with E-state index in [1.54, 1.807) is 18.3 Å². The molecule has 1 saturated carbocycles. The van der Waals surface area contributed by atoms with Crippen molar-refractivity contribution in [3.8, 4) is 0 Å². The van der Waals surface area contributed by atoms with Gasteiger partial charge in [-0.25, -0.2) is 0 Å². The highest BCUT2D eigenvalue weighted by Gasteiger charge is 2.33. The monoisotopic (exact) mass is 252 g/mol. The number of hydrogen-bond donors (Lipinski definition) is 0. The second-order valence-electron chi connectivity index (χ2n) is 4.94. The third-order valence-corrected chi connectivity index (χ3v) is 2.99. The molecule has 92 valence electrons. The predicted molar refractivity (Wildman–Crippen MR) is 68.1 cm³/mol. The maximum absolute atomic E-state index is 12.3. The van der Waals surface area contributed by atoms with Gasteiger partial charge in [0.05, 0.1) is 0 Å². The molecule has 0 atom stereocenters. The number of hydrogen-bond acceptors (Lipinski definition) is 2. The zero-order valence-electron chi connectivity index (χ0n) is 10.2. The van der Waals surface area contributed by atoms with Crippen molar-refractivity contribution in [1.29, 1.82) is 0 Å². The second kappa shape index (κ2) is 5.05. The van der Waals surface area contributed by atoms with Crippen molar-refractivity contribution in [2.45, 2.75) is 32.7 Å². The molecule has 17 heavy (non-hydrogen) atoms. The lowest BCUT2D eigenvalue weighted by Gasteiger charge is -2.24. The average Bonchev–Trinajstić information content (AvgIpc) is 3.08. The smallest absolute Gasteiger partial charge is 0.272 e. The van der Waals surface area contributed by atoms with Gasteiger partial charge < -0.3 is 4.90 Å². The predicted octanol–water partition coefficient (Wildman–Crippen LogP) is 3.00. The van der Waals surface area contributed by atoms with E-state index in [2.05, 4.69) is 18.8 Å². The molecule has 1 aromatic rings. The van der Waals surface area contributed by atoms with E-state index < -0.39 is 0 Å². The van der Waals surface area contributed by atoms with Crippen LogP contribution in [-0.2, 0) is 0 Å². The quantitative estimate of drug-likeness (QED) is 0.825. The van der Waals surface area contributed by atoms with Gasteiger partial charge >= 0.3 is 0 Å². The Morgan fingerprint density at radius 3 is 2.82 bits per heavy atom. The SMILES string of the molecule is CC(C)CN(C(=O)c1cc(Cl)ccn1)C1CC1. The first-order valence-electron chi connectivity index (χ1n) is 6.00. The van der Waals surface area contributed by atoms with Gasteiger partial charge in [0.2, 0.25) is 0 Å². The van der Waals surface area contributed by atoms with Gasteiger partial charge in [0, 0.05) is 23.8 Å². The van der Waals surface area contributed by atoms with E-state index >= 15 is 0 Å². The molecule has 1 fully saturated rings. The topological polar surface area (TPSA) is 33.2 Å². The van der Waals surface area contributed by atoms with Gasteiger partial charge in [-0.3, -0.25) is 9.78 Å². The molecule has 0 aromatic carbocycles. The van der Waals surface area contributed by atoms with E-state index in [4.69, 9.17) is 11.6 Å². The van der Waals surface area contributed by atoms with Crippen molar-refractivity contribution in [3.63, 3.8) is 0 Å². The van der Waals surface area contributed by atoms with Crippen molar-refractivity contribution >= 4 is 17.5 Å². The van der Waals surface area contributed by atoms with Crippen LogP contribution in [0.5, 0.6) is 0 Å². The minimum absolute atomic E-state index is 0.00343. The molecular formula is C13H17ClN2O. The van der Waals surface area contributed by atoms with Crippen LogP contribution < -0.4 is 0 Å². The van der Waals surface area contributed by atoms with Crippen molar-refractivity contribution in [1.82, 2.24) is 9.88 Å². The Labute approximate surface area is 107 Å². The Hall–Kier alpha value is -1.09. The summed E-state index contributed by atoms with van der Waals surface area (Å²) in [6, 6.07) is 3.73. The molecule has 1 aliphatic rings. The Morgan fingerprint density at radius 2 is 2.29 bits per heavy atom. The number of halogens is 1. The molecule has 1 amide bonds. The fourth-order valence-electron chi connectivity index (χ4n) is 1.85. The Morgan fingerprint density at radius 1 is 1.59 bits per heavy atom. The van der Waals surface area contributed by atoms with E-state index in [1.807, 2.05) is 4.90 Å². The second-order valence-corrected chi connectivity index (χ2v) is 5.38.